The molecule has 0 saturated heterocycles. The summed E-state index contributed by atoms with van der Waals surface area (Å²) in [4.78, 5) is 0.706. The van der Waals surface area contributed by atoms with Crippen LogP contribution in [0.5, 0.6) is 0 Å². The molecule has 2 rings (SSSR count). The minimum atomic E-state index is -2.00. The van der Waals surface area contributed by atoms with E-state index in [9.17, 15) is 0 Å². The molecule has 1 unspecified atom stereocenters. The van der Waals surface area contributed by atoms with Gasteiger partial charge in [0.2, 0.25) is 0 Å². The molecule has 14 heavy (non-hydrogen) atoms. The van der Waals surface area contributed by atoms with Gasteiger partial charge in [-0.25, -0.2) is 0 Å². The van der Waals surface area contributed by atoms with Crippen LogP contribution < -0.4 is 9.76 Å². The van der Waals surface area contributed by atoms with Crippen LogP contribution in [-0.2, 0) is 11.8 Å². The monoisotopic (exact) mass is 260 g/mol. The molecule has 1 N–H and O–H groups in total. The van der Waals surface area contributed by atoms with E-state index in [4.69, 9.17) is 24.0 Å². The van der Waals surface area contributed by atoms with Gasteiger partial charge in [0.05, 0.1) is 5.69 Å². The maximum absolute atomic E-state index is 5.37. The van der Waals surface area contributed by atoms with Gasteiger partial charge in [0, 0.05) is 12.6 Å². The second kappa shape index (κ2) is 3.49. The molecule has 1 aliphatic rings. The number of benzene rings is 1. The maximum atomic E-state index is 5.37. The zero-order chi connectivity index (χ0) is 10.3. The van der Waals surface area contributed by atoms with Crippen LogP contribution in [-0.4, -0.2) is 12.0 Å². The molecule has 1 aromatic carbocycles. The largest absolute Gasteiger partial charge is 0.325 e. The lowest BCUT2D eigenvalue weighted by Crippen LogP contribution is -2.32. The summed E-state index contributed by atoms with van der Waals surface area (Å²) in [6.45, 7) is 0. The Morgan fingerprint density at radius 1 is 1.43 bits per heavy atom. The predicted octanol–water partition coefficient (Wildman–Crippen LogP) is 2.56. The molecule has 0 saturated carbocycles. The molecule has 74 valence electrons. The summed E-state index contributed by atoms with van der Waals surface area (Å²) >= 11 is 15.1. The van der Waals surface area contributed by atoms with Gasteiger partial charge in [-0.15, -0.1) is 12.2 Å². The van der Waals surface area contributed by atoms with Crippen molar-refractivity contribution < 1.29 is 0 Å². The van der Waals surface area contributed by atoms with Gasteiger partial charge in [-0.3, -0.25) is 0 Å². The van der Waals surface area contributed by atoms with E-state index in [0.717, 1.165) is 11.3 Å². The van der Waals surface area contributed by atoms with Crippen LogP contribution in [0.4, 0.5) is 5.69 Å². The van der Waals surface area contributed by atoms with Crippen molar-refractivity contribution in [2.75, 3.05) is 11.7 Å². The lowest BCUT2D eigenvalue weighted by molar-refractivity contribution is 1.27. The molecule has 6 heteroatoms. The van der Waals surface area contributed by atoms with Crippen LogP contribution in [0.3, 0.4) is 0 Å². The molecule has 0 fully saturated rings. The normalized spacial score (nSPS) is 25.6. The first-order valence-electron chi connectivity index (χ1n) is 4.01. The zero-order valence-electron chi connectivity index (χ0n) is 7.47. The van der Waals surface area contributed by atoms with Crippen LogP contribution in [0, 0.1) is 0 Å². The maximum Gasteiger partial charge on any atom is 0.174 e. The summed E-state index contributed by atoms with van der Waals surface area (Å²) in [5, 5.41) is 3.11. The minimum absolute atomic E-state index is 0.706. The molecular formula is C8H9N2PS3. The minimum Gasteiger partial charge on any atom is -0.325 e. The van der Waals surface area contributed by atoms with Gasteiger partial charge >= 0.3 is 0 Å². The Morgan fingerprint density at radius 2 is 2.07 bits per heavy atom. The van der Waals surface area contributed by atoms with Crippen molar-refractivity contribution in [3.05, 3.63) is 29.8 Å². The zero-order valence-corrected chi connectivity index (χ0v) is 10.9. The fourth-order valence-corrected chi connectivity index (χ4v) is 4.43. The standard InChI is InChI=1S/C8H9N2PS3/c1-10-7-5-3-2-4-6(7)8(12)9-11(10,13)14/h2-5H,1H3,(H2,9,12,13,14). The Balaban J connectivity index is 2.63. The summed E-state index contributed by atoms with van der Waals surface area (Å²) in [7, 11) is 1.95. The lowest BCUT2D eigenvalue weighted by atomic mass is 10.2. The molecule has 1 heterocycles. The highest BCUT2D eigenvalue weighted by molar-refractivity contribution is 8.63. The van der Waals surface area contributed by atoms with Crippen LogP contribution >= 0.6 is 30.0 Å². The summed E-state index contributed by atoms with van der Waals surface area (Å²) < 4.78 is 2.00. The summed E-state index contributed by atoms with van der Waals surface area (Å²) in [6.07, 6.45) is 0. The number of hydrogen-bond acceptors (Lipinski definition) is 2. The number of anilines is 1. The molecule has 1 aromatic rings. The molecule has 0 amide bonds. The van der Waals surface area contributed by atoms with Crippen molar-refractivity contribution in [3.8, 4) is 0 Å². The molecule has 0 radical (unpaired) electrons. The molecule has 1 atom stereocenters. The van der Waals surface area contributed by atoms with E-state index in [1.165, 1.54) is 0 Å². The number of thiol groups is 1. The van der Waals surface area contributed by atoms with E-state index in [1.54, 1.807) is 0 Å². The third-order valence-electron chi connectivity index (χ3n) is 2.15. The number of para-hydroxylation sites is 1. The third kappa shape index (κ3) is 1.58. The Bertz CT molecular complexity index is 446. The second-order valence-electron chi connectivity index (χ2n) is 3.03. The molecule has 0 aromatic heterocycles. The van der Waals surface area contributed by atoms with Crippen molar-refractivity contribution in [3.63, 3.8) is 0 Å². The molecule has 0 aliphatic carbocycles. The molecule has 2 nitrogen and oxygen atoms in total. The second-order valence-corrected chi connectivity index (χ2v) is 9.48. The van der Waals surface area contributed by atoms with E-state index in [1.807, 2.05) is 36.0 Å². The molecule has 0 bridgehead atoms. The van der Waals surface area contributed by atoms with Crippen molar-refractivity contribution in [1.82, 2.24) is 5.09 Å². The number of nitrogens with one attached hydrogen (secondary N) is 1. The first-order valence-corrected chi connectivity index (χ1v) is 8.32. The first kappa shape index (κ1) is 10.4. The van der Waals surface area contributed by atoms with Gasteiger partial charge in [-0.1, -0.05) is 24.4 Å². The predicted molar refractivity (Wildman–Crippen MR) is 73.0 cm³/mol. The van der Waals surface area contributed by atoms with Crippen molar-refractivity contribution >= 4 is 52.5 Å². The van der Waals surface area contributed by atoms with Crippen LogP contribution in [0.1, 0.15) is 5.56 Å². The van der Waals surface area contributed by atoms with Gasteiger partial charge in [-0.2, -0.15) is 0 Å². The van der Waals surface area contributed by atoms with Gasteiger partial charge < -0.3 is 9.76 Å². The first-order chi connectivity index (χ1) is 6.52. The number of hydrogen-bond donors (Lipinski definition) is 2. The fraction of sp³-hybridized carbons (Fsp3) is 0.125. The van der Waals surface area contributed by atoms with Crippen LogP contribution in [0.15, 0.2) is 24.3 Å². The van der Waals surface area contributed by atoms with E-state index in [2.05, 4.69) is 17.3 Å². The van der Waals surface area contributed by atoms with Gasteiger partial charge in [0.25, 0.3) is 0 Å². The Morgan fingerprint density at radius 3 is 2.79 bits per heavy atom. The van der Waals surface area contributed by atoms with Crippen LogP contribution in [0.25, 0.3) is 0 Å². The van der Waals surface area contributed by atoms with Gasteiger partial charge in [-0.05, 0) is 23.9 Å². The Labute approximate surface area is 99.0 Å². The van der Waals surface area contributed by atoms with Crippen molar-refractivity contribution in [2.45, 2.75) is 0 Å². The average Bonchev–Trinajstić information content (AvgIpc) is 2.14. The summed E-state index contributed by atoms with van der Waals surface area (Å²) in [5.74, 6) is 0. The van der Waals surface area contributed by atoms with E-state index in [0.29, 0.717) is 4.99 Å². The van der Waals surface area contributed by atoms with E-state index < -0.39 is 5.54 Å². The summed E-state index contributed by atoms with van der Waals surface area (Å²) in [5.41, 5.74) is 0.0956. The number of rotatable bonds is 0. The SMILES string of the molecule is CN1c2ccccc2C(=S)NP1(=S)S. The summed E-state index contributed by atoms with van der Waals surface area (Å²) in [6, 6.07) is 7.95. The third-order valence-corrected chi connectivity index (χ3v) is 6.28. The highest BCUT2D eigenvalue weighted by Gasteiger charge is 2.28. The van der Waals surface area contributed by atoms with Gasteiger partial charge in [0.1, 0.15) is 4.99 Å². The highest BCUT2D eigenvalue weighted by atomic mass is 32.9. The smallest absolute Gasteiger partial charge is 0.174 e. The number of thiocarbonyl (C=S) groups is 1. The number of nitrogens with zero attached hydrogens (tertiary/aromatic N) is 1. The molecular weight excluding hydrogens is 251 g/mol. The topological polar surface area (TPSA) is 15.3 Å². The molecule has 0 spiro atoms. The van der Waals surface area contributed by atoms with Crippen molar-refractivity contribution in [1.29, 1.82) is 0 Å². The van der Waals surface area contributed by atoms with E-state index in [-0.39, 0.29) is 0 Å². The van der Waals surface area contributed by atoms with E-state index >= 15 is 0 Å². The number of fused-ring (bicyclic) bond motifs is 1. The van der Waals surface area contributed by atoms with Crippen molar-refractivity contribution in [2.24, 2.45) is 0 Å². The van der Waals surface area contributed by atoms with Crippen LogP contribution in [0.2, 0.25) is 0 Å². The average molecular weight is 260 g/mol. The van der Waals surface area contributed by atoms with Gasteiger partial charge in [0.15, 0.2) is 5.54 Å². The Kier molecular flexibility index (Phi) is 2.60. The highest BCUT2D eigenvalue weighted by Crippen LogP contribution is 2.55. The lowest BCUT2D eigenvalue weighted by Gasteiger charge is -2.36. The Hall–Kier alpha value is -0.0900. The quantitative estimate of drug-likeness (QED) is 0.423. The fourth-order valence-electron chi connectivity index (χ4n) is 1.36. The molecule has 1 aliphatic heterocycles.